The van der Waals surface area contributed by atoms with Crippen molar-refractivity contribution in [1.82, 2.24) is 5.32 Å². The van der Waals surface area contributed by atoms with E-state index >= 15 is 0 Å². The maximum Gasteiger partial charge on any atom is 0.161 e. The van der Waals surface area contributed by atoms with Crippen molar-refractivity contribution >= 4 is 0 Å². The van der Waals surface area contributed by atoms with Gasteiger partial charge in [0.1, 0.15) is 0 Å². The van der Waals surface area contributed by atoms with Gasteiger partial charge in [-0.2, -0.15) is 0 Å². The molecule has 0 aromatic heterocycles. The zero-order valence-electron chi connectivity index (χ0n) is 10.4. The summed E-state index contributed by atoms with van der Waals surface area (Å²) in [7, 11) is 0. The molecule has 0 fully saturated rings. The highest BCUT2D eigenvalue weighted by molar-refractivity contribution is 5.44. The van der Waals surface area contributed by atoms with Crippen molar-refractivity contribution in [3.8, 4) is 11.5 Å². The van der Waals surface area contributed by atoms with Crippen molar-refractivity contribution in [2.75, 3.05) is 6.54 Å². The highest BCUT2D eigenvalue weighted by Gasteiger charge is 2.18. The summed E-state index contributed by atoms with van der Waals surface area (Å²) in [5.41, 5.74) is -0.112. The van der Waals surface area contributed by atoms with Gasteiger partial charge in [0.15, 0.2) is 11.5 Å². The van der Waals surface area contributed by atoms with E-state index in [1.54, 1.807) is 19.1 Å². The molecule has 0 spiro atoms. The fraction of sp³-hybridized carbons (Fsp3) is 0.538. The van der Waals surface area contributed by atoms with Gasteiger partial charge in [0.25, 0.3) is 0 Å². The topological polar surface area (TPSA) is 72.7 Å². The van der Waals surface area contributed by atoms with Crippen LogP contribution in [-0.4, -0.2) is 27.5 Å². The van der Waals surface area contributed by atoms with Crippen molar-refractivity contribution in [2.45, 2.75) is 38.8 Å². The van der Waals surface area contributed by atoms with Crippen LogP contribution in [0.3, 0.4) is 0 Å². The Labute approximate surface area is 102 Å². The first-order valence-electron chi connectivity index (χ1n) is 5.89. The molecule has 0 aliphatic carbocycles. The fourth-order valence-electron chi connectivity index (χ4n) is 1.81. The molecular formula is C13H21NO3. The standard InChI is InChI=1S/C13H21NO3/c1-3-7-13(2,17)9-14-8-10-5-4-6-11(15)12(10)16/h4-6,14-17H,3,7-9H2,1-2H3. The van der Waals surface area contributed by atoms with Crippen LogP contribution in [0.2, 0.25) is 0 Å². The van der Waals surface area contributed by atoms with Crippen LogP contribution in [0, 0.1) is 0 Å². The molecule has 1 aromatic carbocycles. The molecule has 0 saturated carbocycles. The minimum absolute atomic E-state index is 0.102. The van der Waals surface area contributed by atoms with Crippen LogP contribution >= 0.6 is 0 Å². The third-order valence-electron chi connectivity index (χ3n) is 2.71. The van der Waals surface area contributed by atoms with Gasteiger partial charge in [-0.1, -0.05) is 25.5 Å². The van der Waals surface area contributed by atoms with Crippen LogP contribution < -0.4 is 5.32 Å². The van der Waals surface area contributed by atoms with Crippen LogP contribution in [0.15, 0.2) is 18.2 Å². The van der Waals surface area contributed by atoms with Gasteiger partial charge in [0.2, 0.25) is 0 Å². The van der Waals surface area contributed by atoms with Crippen LogP contribution in [0.5, 0.6) is 11.5 Å². The van der Waals surface area contributed by atoms with E-state index < -0.39 is 5.60 Å². The average molecular weight is 239 g/mol. The molecule has 0 radical (unpaired) electrons. The molecule has 4 nitrogen and oxygen atoms in total. The minimum atomic E-state index is -0.735. The molecule has 0 amide bonds. The number of aromatic hydroxyl groups is 2. The Morgan fingerprint density at radius 1 is 1.29 bits per heavy atom. The predicted molar refractivity (Wildman–Crippen MR) is 67.0 cm³/mol. The number of hydrogen-bond donors (Lipinski definition) is 4. The molecule has 0 saturated heterocycles. The average Bonchev–Trinajstić information content (AvgIpc) is 2.24. The van der Waals surface area contributed by atoms with Gasteiger partial charge < -0.3 is 20.6 Å². The SMILES string of the molecule is CCCC(C)(O)CNCc1cccc(O)c1O. The molecule has 4 N–H and O–H groups in total. The smallest absolute Gasteiger partial charge is 0.161 e. The van der Waals surface area contributed by atoms with E-state index in [4.69, 9.17) is 0 Å². The normalized spacial score (nSPS) is 14.5. The summed E-state index contributed by atoms with van der Waals surface area (Å²) in [6.45, 7) is 4.68. The lowest BCUT2D eigenvalue weighted by molar-refractivity contribution is 0.0497. The molecule has 1 atom stereocenters. The molecule has 4 heteroatoms. The molecule has 1 unspecified atom stereocenters. The summed E-state index contributed by atoms with van der Waals surface area (Å²) in [4.78, 5) is 0. The number of nitrogens with one attached hydrogen (secondary N) is 1. The van der Waals surface area contributed by atoms with E-state index in [9.17, 15) is 15.3 Å². The van der Waals surface area contributed by atoms with E-state index in [1.165, 1.54) is 6.07 Å². The van der Waals surface area contributed by atoms with Crippen molar-refractivity contribution in [3.63, 3.8) is 0 Å². The second-order valence-corrected chi connectivity index (χ2v) is 4.64. The van der Waals surface area contributed by atoms with Crippen LogP contribution in [0.1, 0.15) is 32.3 Å². The largest absolute Gasteiger partial charge is 0.504 e. The summed E-state index contributed by atoms with van der Waals surface area (Å²) in [6.07, 6.45) is 1.65. The summed E-state index contributed by atoms with van der Waals surface area (Å²) in [5, 5.41) is 31.9. The third kappa shape index (κ3) is 4.24. The summed E-state index contributed by atoms with van der Waals surface area (Å²) < 4.78 is 0. The number of para-hydroxylation sites is 1. The molecule has 0 heterocycles. The van der Waals surface area contributed by atoms with Gasteiger partial charge in [-0.15, -0.1) is 0 Å². The molecule has 96 valence electrons. The maximum atomic E-state index is 9.94. The van der Waals surface area contributed by atoms with Crippen molar-refractivity contribution in [2.24, 2.45) is 0 Å². The number of aliphatic hydroxyl groups is 1. The molecule has 0 aliphatic heterocycles. The van der Waals surface area contributed by atoms with Crippen LogP contribution in [0.4, 0.5) is 0 Å². The molecule has 17 heavy (non-hydrogen) atoms. The Balaban J connectivity index is 2.49. The Bertz CT molecular complexity index is 364. The maximum absolute atomic E-state index is 9.94. The summed E-state index contributed by atoms with van der Waals surface area (Å²) in [6, 6.07) is 4.85. The van der Waals surface area contributed by atoms with E-state index in [0.29, 0.717) is 18.7 Å². The van der Waals surface area contributed by atoms with E-state index in [2.05, 4.69) is 5.32 Å². The Morgan fingerprint density at radius 2 is 2.00 bits per heavy atom. The lowest BCUT2D eigenvalue weighted by Crippen LogP contribution is -2.37. The number of benzene rings is 1. The van der Waals surface area contributed by atoms with Gasteiger partial charge in [0, 0.05) is 18.7 Å². The summed E-state index contributed by atoms with van der Waals surface area (Å²) in [5.74, 6) is -0.222. The molecule has 0 aliphatic rings. The quantitative estimate of drug-likeness (QED) is 0.571. The highest BCUT2D eigenvalue weighted by atomic mass is 16.3. The number of phenolic OH excluding ortho intramolecular Hbond substituents is 2. The van der Waals surface area contributed by atoms with Crippen molar-refractivity contribution < 1.29 is 15.3 Å². The number of rotatable bonds is 6. The Morgan fingerprint density at radius 3 is 2.65 bits per heavy atom. The predicted octanol–water partition coefficient (Wildman–Crippen LogP) is 1.74. The van der Waals surface area contributed by atoms with Crippen LogP contribution in [-0.2, 0) is 6.54 Å². The first-order chi connectivity index (χ1) is 7.96. The summed E-state index contributed by atoms with van der Waals surface area (Å²) >= 11 is 0. The Hall–Kier alpha value is -1.26. The van der Waals surface area contributed by atoms with Gasteiger partial charge in [-0.3, -0.25) is 0 Å². The van der Waals surface area contributed by atoms with Gasteiger partial charge >= 0.3 is 0 Å². The van der Waals surface area contributed by atoms with E-state index in [0.717, 1.165) is 12.8 Å². The third-order valence-corrected chi connectivity index (χ3v) is 2.71. The van der Waals surface area contributed by atoms with Crippen molar-refractivity contribution in [3.05, 3.63) is 23.8 Å². The minimum Gasteiger partial charge on any atom is -0.504 e. The lowest BCUT2D eigenvalue weighted by atomic mass is 10.0. The van der Waals surface area contributed by atoms with E-state index in [-0.39, 0.29) is 11.5 Å². The monoisotopic (exact) mass is 239 g/mol. The lowest BCUT2D eigenvalue weighted by Gasteiger charge is -2.23. The molecule has 0 bridgehead atoms. The second-order valence-electron chi connectivity index (χ2n) is 4.64. The highest BCUT2D eigenvalue weighted by Crippen LogP contribution is 2.27. The van der Waals surface area contributed by atoms with Gasteiger partial charge in [-0.05, 0) is 19.4 Å². The van der Waals surface area contributed by atoms with E-state index in [1.807, 2.05) is 6.92 Å². The van der Waals surface area contributed by atoms with Gasteiger partial charge in [0.05, 0.1) is 5.60 Å². The number of hydrogen-bond acceptors (Lipinski definition) is 4. The zero-order chi connectivity index (χ0) is 12.9. The molecule has 1 aromatic rings. The zero-order valence-corrected chi connectivity index (χ0v) is 10.4. The van der Waals surface area contributed by atoms with Crippen molar-refractivity contribution in [1.29, 1.82) is 0 Å². The first kappa shape index (κ1) is 13.8. The van der Waals surface area contributed by atoms with Gasteiger partial charge in [-0.25, -0.2) is 0 Å². The number of phenols is 2. The fourth-order valence-corrected chi connectivity index (χ4v) is 1.81. The Kier molecular flexibility index (Phi) is 4.78. The molecule has 1 rings (SSSR count). The molecular weight excluding hydrogens is 218 g/mol. The first-order valence-corrected chi connectivity index (χ1v) is 5.89. The van der Waals surface area contributed by atoms with Crippen LogP contribution in [0.25, 0.3) is 0 Å². The second kappa shape index (κ2) is 5.89.